The maximum absolute atomic E-state index is 15.5. The van der Waals surface area contributed by atoms with Crippen molar-refractivity contribution in [1.82, 2.24) is 0 Å². The van der Waals surface area contributed by atoms with Gasteiger partial charge in [0.25, 0.3) is 11.8 Å². The fourth-order valence-electron chi connectivity index (χ4n) is 4.54. The molecule has 4 nitrogen and oxygen atoms in total. The largest absolute Gasteiger partial charge is 0.435 e. The number of nitrogens with zero attached hydrogens (tertiary/aromatic N) is 1. The van der Waals surface area contributed by atoms with E-state index < -0.39 is 46.8 Å². The zero-order chi connectivity index (χ0) is 28.9. The molecule has 0 spiro atoms. The van der Waals surface area contributed by atoms with E-state index in [1.165, 1.54) is 19.1 Å². The van der Waals surface area contributed by atoms with E-state index in [-0.39, 0.29) is 35.5 Å². The zero-order valence-electron chi connectivity index (χ0n) is 20.4. The Balaban J connectivity index is 1.69. The van der Waals surface area contributed by atoms with Crippen molar-refractivity contribution < 1.29 is 44.7 Å². The van der Waals surface area contributed by atoms with Gasteiger partial charge in [-0.25, -0.2) is 8.78 Å². The Morgan fingerprint density at radius 3 is 2.18 bits per heavy atom. The van der Waals surface area contributed by atoms with E-state index in [0.29, 0.717) is 23.3 Å². The van der Waals surface area contributed by atoms with Gasteiger partial charge in [-0.15, -0.1) is 0 Å². The van der Waals surface area contributed by atoms with E-state index in [1.54, 1.807) is 24.3 Å². The van der Waals surface area contributed by atoms with Gasteiger partial charge in [0.15, 0.2) is 5.82 Å². The first kappa shape index (κ1) is 28.1. The molecule has 0 bridgehead atoms. The van der Waals surface area contributed by atoms with Gasteiger partial charge in [0.1, 0.15) is 0 Å². The number of hydrogen-bond donors (Lipinski definition) is 1. The lowest BCUT2D eigenvalue weighted by Gasteiger charge is -2.31. The Hall–Kier alpha value is -3.96. The van der Waals surface area contributed by atoms with Crippen LogP contribution in [0.4, 0.5) is 46.5 Å². The average molecular weight is 556 g/mol. The van der Waals surface area contributed by atoms with Crippen molar-refractivity contribution in [2.75, 3.05) is 10.2 Å². The molecule has 0 saturated heterocycles. The number of anilines is 2. The lowest BCUT2D eigenvalue weighted by atomic mass is 9.89. The molecule has 0 atom stereocenters. The molecular weight excluding hydrogens is 536 g/mol. The number of nitrogens with one attached hydrogen (secondary N) is 1. The van der Waals surface area contributed by atoms with Gasteiger partial charge in [0.2, 0.25) is 0 Å². The predicted molar refractivity (Wildman–Crippen MR) is 127 cm³/mol. The number of hydrogen-bond acceptors (Lipinski definition) is 2. The molecule has 0 saturated carbocycles. The van der Waals surface area contributed by atoms with E-state index in [9.17, 15) is 40.3 Å². The third kappa shape index (κ3) is 4.61. The summed E-state index contributed by atoms with van der Waals surface area (Å²) in [6.45, 7) is 2.53. The molecule has 1 aliphatic rings. The third-order valence-electron chi connectivity index (χ3n) is 6.55. The summed E-state index contributed by atoms with van der Waals surface area (Å²) in [6, 6.07) is 11.1. The number of halogens is 8. The number of aryl methyl sites for hydroxylation is 2. The van der Waals surface area contributed by atoms with Crippen LogP contribution in [0.25, 0.3) is 0 Å². The highest BCUT2D eigenvalue weighted by atomic mass is 19.4. The summed E-state index contributed by atoms with van der Waals surface area (Å²) >= 11 is 0. The van der Waals surface area contributed by atoms with Gasteiger partial charge in [-0.3, -0.25) is 9.59 Å². The van der Waals surface area contributed by atoms with Crippen LogP contribution < -0.4 is 10.2 Å². The molecule has 1 heterocycles. The highest BCUT2D eigenvalue weighted by Crippen LogP contribution is 2.54. The van der Waals surface area contributed by atoms with Gasteiger partial charge in [-0.05, 0) is 54.3 Å². The zero-order valence-corrected chi connectivity index (χ0v) is 20.4. The van der Waals surface area contributed by atoms with E-state index in [2.05, 4.69) is 5.32 Å². The Morgan fingerprint density at radius 2 is 1.59 bits per heavy atom. The summed E-state index contributed by atoms with van der Waals surface area (Å²) in [5, 5.41) is 2.32. The summed E-state index contributed by atoms with van der Waals surface area (Å²) in [4.78, 5) is 26.9. The number of carbonyl (C=O) groups excluding carboxylic acids is 2. The molecule has 1 aliphatic heterocycles. The first-order chi connectivity index (χ1) is 18.1. The Kier molecular flexibility index (Phi) is 6.95. The quantitative estimate of drug-likeness (QED) is 0.333. The fraction of sp³-hybridized carbons (Fsp3) is 0.259. The summed E-state index contributed by atoms with van der Waals surface area (Å²) in [7, 11) is 0. The molecule has 12 heteroatoms. The molecule has 0 radical (unpaired) electrons. The van der Waals surface area contributed by atoms with Crippen molar-refractivity contribution in [2.24, 2.45) is 0 Å². The van der Waals surface area contributed by atoms with E-state index in [1.807, 2.05) is 0 Å². The van der Waals surface area contributed by atoms with Crippen molar-refractivity contribution in [3.8, 4) is 0 Å². The smallest absolute Gasteiger partial charge is 0.321 e. The first-order valence-electron chi connectivity index (χ1n) is 11.6. The van der Waals surface area contributed by atoms with Crippen LogP contribution >= 0.6 is 0 Å². The second-order valence-electron chi connectivity index (χ2n) is 8.98. The molecule has 2 amide bonds. The predicted octanol–water partition coefficient (Wildman–Crippen LogP) is 7.40. The van der Waals surface area contributed by atoms with Crippen LogP contribution in [0.3, 0.4) is 0 Å². The van der Waals surface area contributed by atoms with E-state index in [0.717, 1.165) is 17.9 Å². The van der Waals surface area contributed by atoms with Gasteiger partial charge in [-0.2, -0.15) is 26.3 Å². The van der Waals surface area contributed by atoms with Crippen LogP contribution in [0.15, 0.2) is 54.6 Å². The monoisotopic (exact) mass is 556 g/mol. The van der Waals surface area contributed by atoms with Crippen LogP contribution in [0.1, 0.15) is 49.9 Å². The van der Waals surface area contributed by atoms with Crippen molar-refractivity contribution in [3.05, 3.63) is 93.8 Å². The number of fused-ring (bicyclic) bond motifs is 1. The van der Waals surface area contributed by atoms with Gasteiger partial charge in [0, 0.05) is 16.8 Å². The highest BCUT2D eigenvalue weighted by Gasteiger charge is 2.73. The fourth-order valence-corrected chi connectivity index (χ4v) is 4.54. The molecule has 0 unspecified atom stereocenters. The van der Waals surface area contributed by atoms with Crippen molar-refractivity contribution >= 4 is 23.2 Å². The first-order valence-corrected chi connectivity index (χ1v) is 11.6. The minimum absolute atomic E-state index is 0.0565. The number of benzene rings is 3. The average Bonchev–Trinajstić information content (AvgIpc) is 3.19. The van der Waals surface area contributed by atoms with Gasteiger partial charge in [0.05, 0.1) is 17.8 Å². The summed E-state index contributed by atoms with van der Waals surface area (Å²) in [6.07, 6.45) is -12.8. The SMILES string of the molecule is CCc1cc(C(F)(C(F)(F)F)C(F)(F)F)cc(C)c1NC(=O)c1cccc(N2Cc3ccccc3C2=O)c1F. The third-order valence-corrected chi connectivity index (χ3v) is 6.55. The maximum Gasteiger partial charge on any atom is 0.435 e. The normalized spacial score (nSPS) is 14.0. The molecule has 0 fully saturated rings. The lowest BCUT2D eigenvalue weighted by molar-refractivity contribution is -0.348. The minimum Gasteiger partial charge on any atom is -0.321 e. The summed E-state index contributed by atoms with van der Waals surface area (Å²) in [5.74, 6) is -2.60. The molecule has 206 valence electrons. The van der Waals surface area contributed by atoms with Crippen molar-refractivity contribution in [2.45, 2.75) is 44.8 Å². The lowest BCUT2D eigenvalue weighted by Crippen LogP contribution is -2.50. The van der Waals surface area contributed by atoms with Crippen molar-refractivity contribution in [3.63, 3.8) is 0 Å². The van der Waals surface area contributed by atoms with Gasteiger partial charge >= 0.3 is 18.0 Å². The molecule has 1 N–H and O–H groups in total. The second-order valence-corrected chi connectivity index (χ2v) is 8.98. The van der Waals surface area contributed by atoms with Crippen LogP contribution in [0, 0.1) is 12.7 Å². The Morgan fingerprint density at radius 1 is 0.949 bits per heavy atom. The molecule has 0 aromatic heterocycles. The Bertz CT molecular complexity index is 1450. The topological polar surface area (TPSA) is 49.4 Å². The van der Waals surface area contributed by atoms with Gasteiger partial charge < -0.3 is 10.2 Å². The second kappa shape index (κ2) is 9.65. The van der Waals surface area contributed by atoms with E-state index in [4.69, 9.17) is 0 Å². The summed E-state index contributed by atoms with van der Waals surface area (Å²) in [5.41, 5.74) is -7.72. The molecule has 4 rings (SSSR count). The number of carbonyl (C=O) groups is 2. The Labute approximate surface area is 217 Å². The maximum atomic E-state index is 15.5. The van der Waals surface area contributed by atoms with Crippen LogP contribution in [-0.4, -0.2) is 24.2 Å². The van der Waals surface area contributed by atoms with Crippen LogP contribution in [-0.2, 0) is 18.6 Å². The number of amides is 2. The van der Waals surface area contributed by atoms with Crippen LogP contribution in [0.5, 0.6) is 0 Å². The standard InChI is InChI=1S/C27H20F8N2O2/c1-3-15-12-17(25(29,26(30,31)32)27(33,34)35)11-14(2)22(15)36-23(38)19-9-6-10-20(21(19)28)37-13-16-7-4-5-8-18(16)24(37)39/h4-12H,3,13H2,1-2H3,(H,36,38). The van der Waals surface area contributed by atoms with Gasteiger partial charge in [-0.1, -0.05) is 37.3 Å². The molecule has 3 aromatic rings. The number of alkyl halides is 7. The highest BCUT2D eigenvalue weighted by molar-refractivity contribution is 6.11. The molecule has 3 aromatic carbocycles. The number of rotatable bonds is 5. The van der Waals surface area contributed by atoms with Crippen molar-refractivity contribution in [1.29, 1.82) is 0 Å². The molecule has 0 aliphatic carbocycles. The molecule has 39 heavy (non-hydrogen) atoms. The van der Waals surface area contributed by atoms with Crippen LogP contribution in [0.2, 0.25) is 0 Å². The van der Waals surface area contributed by atoms with E-state index >= 15 is 4.39 Å². The minimum atomic E-state index is -6.30. The molecular formula is C27H20F8N2O2. The summed E-state index contributed by atoms with van der Waals surface area (Å²) < 4.78 is 110.